The monoisotopic (exact) mass is 395 g/mol. The zero-order chi connectivity index (χ0) is 18.8. The Hall–Kier alpha value is -2.58. The van der Waals surface area contributed by atoms with Crippen LogP contribution in [0.3, 0.4) is 0 Å². The van der Waals surface area contributed by atoms with E-state index in [2.05, 4.69) is 20.4 Å². The van der Waals surface area contributed by atoms with E-state index >= 15 is 0 Å². The number of aromatic hydroxyl groups is 1. The second-order valence-electron chi connectivity index (χ2n) is 5.69. The molecule has 0 aliphatic heterocycles. The summed E-state index contributed by atoms with van der Waals surface area (Å²) in [4.78, 5) is 30.4. The van der Waals surface area contributed by atoms with Crippen molar-refractivity contribution in [2.24, 2.45) is 0 Å². The number of benzene rings is 1. The van der Waals surface area contributed by atoms with Gasteiger partial charge in [0.2, 0.25) is 6.41 Å². The number of hydrogen-bond acceptors (Lipinski definition) is 5. The van der Waals surface area contributed by atoms with Gasteiger partial charge < -0.3 is 10.4 Å². The average Bonchev–Trinajstić information content (AvgIpc) is 3.20. The van der Waals surface area contributed by atoms with E-state index in [-0.39, 0.29) is 21.4 Å². The lowest BCUT2D eigenvalue weighted by Crippen LogP contribution is -2.20. The van der Waals surface area contributed by atoms with Crippen LogP contribution in [0.4, 0.5) is 5.69 Å². The molecule has 0 fully saturated rings. The number of rotatable bonds is 2. The molecule has 0 unspecified atom stereocenters. The van der Waals surface area contributed by atoms with Crippen LogP contribution in [0, 0.1) is 6.92 Å². The average molecular weight is 396 g/mol. The molecule has 2 aromatic heterocycles. The maximum Gasteiger partial charge on any atom is 0.277 e. The summed E-state index contributed by atoms with van der Waals surface area (Å²) in [5.41, 5.74) is 2.24. The van der Waals surface area contributed by atoms with Gasteiger partial charge in [0.15, 0.2) is 5.75 Å². The van der Waals surface area contributed by atoms with Gasteiger partial charge in [0.05, 0.1) is 15.7 Å². The van der Waals surface area contributed by atoms with Crippen LogP contribution in [0.15, 0.2) is 16.9 Å². The number of halogens is 2. The van der Waals surface area contributed by atoms with Crippen molar-refractivity contribution in [2.75, 3.05) is 5.32 Å². The van der Waals surface area contributed by atoms with E-state index < -0.39 is 0 Å². The highest BCUT2D eigenvalue weighted by molar-refractivity contribution is 6.37. The number of aromatic nitrogens is 4. The Kier molecular flexibility index (Phi) is 5.15. The summed E-state index contributed by atoms with van der Waals surface area (Å²) in [5.74, 6) is 1.03. The molecule has 1 aromatic carbocycles. The van der Waals surface area contributed by atoms with Gasteiger partial charge in [-0.3, -0.25) is 14.7 Å². The molecule has 1 amide bonds. The van der Waals surface area contributed by atoms with Crippen LogP contribution in [0.2, 0.25) is 10.0 Å². The molecule has 8 nitrogen and oxygen atoms in total. The number of fused-ring (bicyclic) bond motifs is 2. The van der Waals surface area contributed by atoms with Crippen LogP contribution in [0.25, 0.3) is 5.78 Å². The van der Waals surface area contributed by atoms with Crippen molar-refractivity contribution in [2.45, 2.75) is 26.2 Å². The fraction of sp³-hybridized carbons (Fsp3) is 0.250. The second-order valence-corrected chi connectivity index (χ2v) is 6.51. The lowest BCUT2D eigenvalue weighted by molar-refractivity contribution is -0.105. The Morgan fingerprint density at radius 3 is 2.62 bits per heavy atom. The lowest BCUT2D eigenvalue weighted by Gasteiger charge is -2.03. The summed E-state index contributed by atoms with van der Waals surface area (Å²) in [6.07, 6.45) is 3.29. The summed E-state index contributed by atoms with van der Waals surface area (Å²) in [5, 5.41) is 14.6. The smallest absolute Gasteiger partial charge is 0.277 e. The third-order valence-electron chi connectivity index (χ3n) is 3.87. The van der Waals surface area contributed by atoms with E-state index in [4.69, 9.17) is 28.3 Å². The maximum atomic E-state index is 11.9. The minimum atomic E-state index is -0.185. The lowest BCUT2D eigenvalue weighted by atomic mass is 10.3. The first-order chi connectivity index (χ1) is 12.4. The second kappa shape index (κ2) is 7.35. The van der Waals surface area contributed by atoms with Gasteiger partial charge in [0.25, 0.3) is 11.3 Å². The number of aromatic amines is 1. The van der Waals surface area contributed by atoms with Gasteiger partial charge in [-0.05, 0) is 38.3 Å². The first kappa shape index (κ1) is 18.2. The quantitative estimate of drug-likeness (QED) is 0.455. The van der Waals surface area contributed by atoms with Crippen molar-refractivity contribution in [1.82, 2.24) is 19.6 Å². The van der Waals surface area contributed by atoms with Crippen molar-refractivity contribution in [3.8, 4) is 5.75 Å². The van der Waals surface area contributed by atoms with E-state index in [9.17, 15) is 9.59 Å². The van der Waals surface area contributed by atoms with Crippen molar-refractivity contribution in [3.05, 3.63) is 49.6 Å². The van der Waals surface area contributed by atoms with Crippen LogP contribution in [-0.2, 0) is 17.6 Å². The number of carbonyl (C=O) groups is 1. The van der Waals surface area contributed by atoms with Crippen LogP contribution in [0.1, 0.15) is 23.5 Å². The minimum Gasteiger partial charge on any atom is -0.505 e. The predicted molar refractivity (Wildman–Crippen MR) is 98.2 cm³/mol. The number of hydrogen-bond donors (Lipinski definition) is 3. The number of carbonyl (C=O) groups excluding carboxylic acids is 1. The zero-order valence-corrected chi connectivity index (χ0v) is 15.2. The predicted octanol–water partition coefficient (Wildman–Crippen LogP) is 2.48. The molecule has 0 saturated heterocycles. The molecule has 1 aliphatic rings. The standard InChI is InChI=1S/C9H10N4O.C7H5Cl2NO2/c1-5-10-9-11-7-4-2-3-6(7)8(14)13(9)12-5;8-5-1-4(10-3-11)2-6(9)7(5)12/h2-4H2,1H3,(H,10,11,12);1-3,12H,(H,10,11). The number of amides is 1. The SMILES string of the molecule is Cc1nc2nc3c(c(=O)n2[nH]1)CCC3.O=CNc1cc(Cl)c(O)c(Cl)c1. The number of H-pyrrole nitrogens is 1. The molecule has 1 aliphatic carbocycles. The third kappa shape index (κ3) is 3.51. The molecular weight excluding hydrogens is 381 g/mol. The van der Waals surface area contributed by atoms with E-state index in [1.54, 1.807) is 0 Å². The molecule has 136 valence electrons. The molecule has 4 rings (SSSR count). The molecule has 0 atom stereocenters. The summed E-state index contributed by atoms with van der Waals surface area (Å²) >= 11 is 11.1. The Bertz CT molecular complexity index is 1020. The topological polar surface area (TPSA) is 112 Å². The number of nitrogens with zero attached hydrogens (tertiary/aromatic N) is 3. The highest BCUT2D eigenvalue weighted by atomic mass is 35.5. The number of phenols is 1. The Labute approximate surface area is 157 Å². The number of aryl methyl sites for hydroxylation is 2. The first-order valence-corrected chi connectivity index (χ1v) is 8.51. The number of nitrogens with one attached hydrogen (secondary N) is 2. The van der Waals surface area contributed by atoms with Crippen molar-refractivity contribution >= 4 is 41.1 Å². The number of anilines is 1. The summed E-state index contributed by atoms with van der Waals surface area (Å²) < 4.78 is 1.43. The molecule has 0 bridgehead atoms. The number of phenolic OH excluding ortho intramolecular Hbond substituents is 1. The van der Waals surface area contributed by atoms with Gasteiger partial charge in [-0.15, -0.1) is 0 Å². The summed E-state index contributed by atoms with van der Waals surface area (Å²) in [6, 6.07) is 2.80. The Morgan fingerprint density at radius 2 is 1.96 bits per heavy atom. The van der Waals surface area contributed by atoms with Crippen molar-refractivity contribution in [1.29, 1.82) is 0 Å². The first-order valence-electron chi connectivity index (χ1n) is 7.76. The van der Waals surface area contributed by atoms with Crippen molar-refractivity contribution < 1.29 is 9.90 Å². The zero-order valence-electron chi connectivity index (χ0n) is 13.7. The normalized spacial score (nSPS) is 12.4. The molecule has 10 heteroatoms. The van der Waals surface area contributed by atoms with Crippen LogP contribution < -0.4 is 10.9 Å². The van der Waals surface area contributed by atoms with Gasteiger partial charge in [-0.1, -0.05) is 23.2 Å². The summed E-state index contributed by atoms with van der Waals surface area (Å²) in [7, 11) is 0. The van der Waals surface area contributed by atoms with E-state index in [0.717, 1.165) is 36.3 Å². The molecule has 0 radical (unpaired) electrons. The van der Waals surface area contributed by atoms with Gasteiger partial charge in [-0.2, -0.15) is 9.50 Å². The van der Waals surface area contributed by atoms with Crippen LogP contribution in [-0.4, -0.2) is 31.1 Å². The molecule has 3 aromatic rings. The van der Waals surface area contributed by atoms with Gasteiger partial charge in [0, 0.05) is 11.3 Å². The Balaban J connectivity index is 0.000000153. The molecule has 3 N–H and O–H groups in total. The van der Waals surface area contributed by atoms with E-state index in [0.29, 0.717) is 17.9 Å². The molecule has 2 heterocycles. The van der Waals surface area contributed by atoms with Gasteiger partial charge in [0.1, 0.15) is 5.82 Å². The molecule has 0 saturated carbocycles. The highest BCUT2D eigenvalue weighted by Gasteiger charge is 2.19. The van der Waals surface area contributed by atoms with E-state index in [1.165, 1.54) is 16.6 Å². The molecular formula is C16H15Cl2N5O3. The fourth-order valence-electron chi connectivity index (χ4n) is 2.71. The third-order valence-corrected chi connectivity index (χ3v) is 4.44. The van der Waals surface area contributed by atoms with Crippen molar-refractivity contribution in [3.63, 3.8) is 0 Å². The van der Waals surface area contributed by atoms with Crippen LogP contribution in [0.5, 0.6) is 5.75 Å². The Morgan fingerprint density at radius 1 is 1.27 bits per heavy atom. The van der Waals surface area contributed by atoms with Crippen LogP contribution >= 0.6 is 23.2 Å². The highest BCUT2D eigenvalue weighted by Crippen LogP contribution is 2.34. The van der Waals surface area contributed by atoms with Gasteiger partial charge in [-0.25, -0.2) is 4.98 Å². The minimum absolute atomic E-state index is 0.0168. The summed E-state index contributed by atoms with van der Waals surface area (Å²) in [6.45, 7) is 1.82. The molecule has 0 spiro atoms. The van der Waals surface area contributed by atoms with E-state index in [1.807, 2.05) is 6.92 Å². The van der Waals surface area contributed by atoms with Gasteiger partial charge >= 0.3 is 0 Å². The molecule has 26 heavy (non-hydrogen) atoms. The maximum absolute atomic E-state index is 11.9. The largest absolute Gasteiger partial charge is 0.505 e. The fourth-order valence-corrected chi connectivity index (χ4v) is 3.19.